The summed E-state index contributed by atoms with van der Waals surface area (Å²) in [5.74, 6) is -0.484. The Morgan fingerprint density at radius 3 is 2.50 bits per heavy atom. The third-order valence-electron chi connectivity index (χ3n) is 3.51. The maximum absolute atomic E-state index is 13.6. The molecule has 0 aliphatic carbocycles. The van der Waals surface area contributed by atoms with Gasteiger partial charge in [-0.25, -0.2) is 22.8 Å². The fourth-order valence-corrected chi connectivity index (χ4v) is 3.52. The molecule has 1 N–H and O–H groups in total. The molecular weight excluding hydrogens is 335 g/mol. The Morgan fingerprint density at radius 2 is 1.83 bits per heavy atom. The van der Waals surface area contributed by atoms with E-state index >= 15 is 0 Å². The molecule has 0 bridgehead atoms. The number of hydrogen-bond donors (Lipinski definition) is 1. The zero-order valence-electron chi connectivity index (χ0n) is 12.9. The Kier molecular flexibility index (Phi) is 4.91. The van der Waals surface area contributed by atoms with Crippen LogP contribution in [0.2, 0.25) is 0 Å². The molecule has 1 aliphatic rings. The molecule has 24 heavy (non-hydrogen) atoms. The number of rotatable bonds is 5. The molecule has 0 amide bonds. The average molecular weight is 352 g/mol. The Bertz CT molecular complexity index is 793. The smallest absolute Gasteiger partial charge is 0.237 e. The first kappa shape index (κ1) is 16.6. The predicted molar refractivity (Wildman–Crippen MR) is 87.7 cm³/mol. The van der Waals surface area contributed by atoms with Crippen molar-refractivity contribution < 1.29 is 17.5 Å². The second kappa shape index (κ2) is 7.10. The van der Waals surface area contributed by atoms with Crippen LogP contribution in [0.4, 0.5) is 16.0 Å². The van der Waals surface area contributed by atoms with Crippen LogP contribution in [0.5, 0.6) is 0 Å². The molecule has 1 fully saturated rings. The number of morpholine rings is 1. The molecule has 9 heteroatoms. The number of hydrogen-bond acceptors (Lipinski definition) is 6. The molecule has 0 spiro atoms. The van der Waals surface area contributed by atoms with Gasteiger partial charge in [-0.2, -0.15) is 0 Å². The average Bonchev–Trinajstić information content (AvgIpc) is 2.58. The van der Waals surface area contributed by atoms with Crippen LogP contribution in [-0.4, -0.2) is 44.7 Å². The van der Waals surface area contributed by atoms with Gasteiger partial charge in [0.2, 0.25) is 16.0 Å². The van der Waals surface area contributed by atoms with Crippen LogP contribution in [0.15, 0.2) is 36.7 Å². The lowest BCUT2D eigenvalue weighted by molar-refractivity contribution is 0.122. The van der Waals surface area contributed by atoms with Gasteiger partial charge < -0.3 is 9.64 Å². The summed E-state index contributed by atoms with van der Waals surface area (Å²) < 4.78 is 45.5. The van der Waals surface area contributed by atoms with Gasteiger partial charge in [0.1, 0.15) is 5.82 Å². The fraction of sp³-hybridized carbons (Fsp3) is 0.333. The minimum Gasteiger partial charge on any atom is -0.378 e. The van der Waals surface area contributed by atoms with Crippen LogP contribution >= 0.6 is 0 Å². The van der Waals surface area contributed by atoms with Crippen LogP contribution in [0.3, 0.4) is 0 Å². The molecule has 1 aliphatic heterocycles. The van der Waals surface area contributed by atoms with Gasteiger partial charge in [-0.05, 0) is 6.07 Å². The Balaban J connectivity index is 1.67. The monoisotopic (exact) mass is 352 g/mol. The summed E-state index contributed by atoms with van der Waals surface area (Å²) in [4.78, 5) is 10.3. The number of anilines is 2. The molecule has 0 unspecified atom stereocenters. The normalized spacial score (nSPS) is 15.3. The molecular formula is C15H17FN4O3S. The van der Waals surface area contributed by atoms with Crippen molar-refractivity contribution in [2.45, 2.75) is 5.75 Å². The fourth-order valence-electron chi connectivity index (χ4n) is 2.34. The first-order valence-electron chi connectivity index (χ1n) is 7.42. The first-order chi connectivity index (χ1) is 11.5. The molecule has 3 rings (SSSR count). The number of nitrogens with zero attached hydrogens (tertiary/aromatic N) is 3. The van der Waals surface area contributed by atoms with Crippen molar-refractivity contribution in [3.05, 3.63) is 48.0 Å². The summed E-state index contributed by atoms with van der Waals surface area (Å²) in [6, 6.07) is 5.77. The van der Waals surface area contributed by atoms with Crippen molar-refractivity contribution in [3.63, 3.8) is 0 Å². The molecule has 2 heterocycles. The number of nitrogens with one attached hydrogen (secondary N) is 1. The molecule has 1 aromatic heterocycles. The van der Waals surface area contributed by atoms with E-state index < -0.39 is 21.6 Å². The van der Waals surface area contributed by atoms with E-state index in [0.29, 0.717) is 32.3 Å². The maximum atomic E-state index is 13.6. The highest BCUT2D eigenvalue weighted by atomic mass is 32.2. The SMILES string of the molecule is O=S(=O)(Cc1ccccc1F)Nc1cnc(N2CCOCC2)nc1. The van der Waals surface area contributed by atoms with E-state index in [9.17, 15) is 12.8 Å². The second-order valence-corrected chi connectivity index (χ2v) is 7.05. The van der Waals surface area contributed by atoms with Gasteiger partial charge in [0, 0.05) is 18.7 Å². The van der Waals surface area contributed by atoms with E-state index in [4.69, 9.17) is 4.74 Å². The number of sulfonamides is 1. The van der Waals surface area contributed by atoms with Crippen LogP contribution in [-0.2, 0) is 20.5 Å². The lowest BCUT2D eigenvalue weighted by Gasteiger charge is -2.26. The van der Waals surface area contributed by atoms with Gasteiger partial charge >= 0.3 is 0 Å². The number of benzene rings is 1. The lowest BCUT2D eigenvalue weighted by Crippen LogP contribution is -2.37. The van der Waals surface area contributed by atoms with Crippen molar-refractivity contribution in [1.82, 2.24) is 9.97 Å². The predicted octanol–water partition coefficient (Wildman–Crippen LogP) is 1.39. The summed E-state index contributed by atoms with van der Waals surface area (Å²) >= 11 is 0. The molecule has 128 valence electrons. The van der Waals surface area contributed by atoms with Crippen LogP contribution < -0.4 is 9.62 Å². The highest BCUT2D eigenvalue weighted by Crippen LogP contribution is 2.16. The van der Waals surface area contributed by atoms with Gasteiger partial charge in [-0.1, -0.05) is 18.2 Å². The van der Waals surface area contributed by atoms with Gasteiger partial charge in [-0.3, -0.25) is 4.72 Å². The van der Waals surface area contributed by atoms with Crippen LogP contribution in [0.25, 0.3) is 0 Å². The third-order valence-corrected chi connectivity index (χ3v) is 4.75. The van der Waals surface area contributed by atoms with E-state index in [0.717, 1.165) is 0 Å². The summed E-state index contributed by atoms with van der Waals surface area (Å²) in [6.07, 6.45) is 2.80. The zero-order valence-corrected chi connectivity index (χ0v) is 13.7. The molecule has 2 aromatic rings. The van der Waals surface area contributed by atoms with E-state index in [-0.39, 0.29) is 11.3 Å². The summed E-state index contributed by atoms with van der Waals surface area (Å²) in [6.45, 7) is 2.61. The van der Waals surface area contributed by atoms with Crippen molar-refractivity contribution in [3.8, 4) is 0 Å². The zero-order chi connectivity index (χ0) is 17.0. The van der Waals surface area contributed by atoms with Crippen molar-refractivity contribution in [2.75, 3.05) is 35.9 Å². The van der Waals surface area contributed by atoms with Crippen LogP contribution in [0, 0.1) is 5.82 Å². The summed E-state index contributed by atoms with van der Waals surface area (Å²) in [5, 5.41) is 0. The molecule has 0 radical (unpaired) electrons. The van der Waals surface area contributed by atoms with Gasteiger partial charge in [-0.15, -0.1) is 0 Å². The third kappa shape index (κ3) is 4.18. The number of ether oxygens (including phenoxy) is 1. The highest BCUT2D eigenvalue weighted by Gasteiger charge is 2.16. The largest absolute Gasteiger partial charge is 0.378 e. The van der Waals surface area contributed by atoms with Crippen molar-refractivity contribution >= 4 is 21.7 Å². The highest BCUT2D eigenvalue weighted by molar-refractivity contribution is 7.91. The van der Waals surface area contributed by atoms with E-state index in [1.807, 2.05) is 4.90 Å². The van der Waals surface area contributed by atoms with E-state index in [1.165, 1.54) is 30.6 Å². The van der Waals surface area contributed by atoms with E-state index in [2.05, 4.69) is 14.7 Å². The Morgan fingerprint density at radius 1 is 1.17 bits per heavy atom. The maximum Gasteiger partial charge on any atom is 0.237 e. The lowest BCUT2D eigenvalue weighted by atomic mass is 10.2. The number of aromatic nitrogens is 2. The second-order valence-electron chi connectivity index (χ2n) is 5.32. The molecule has 0 saturated carbocycles. The number of halogens is 1. The molecule has 1 saturated heterocycles. The standard InChI is InChI=1S/C15H17FN4O3S/c16-14-4-2-1-3-12(14)11-24(21,22)19-13-9-17-15(18-10-13)20-5-7-23-8-6-20/h1-4,9-10,19H,5-8,11H2. The molecule has 0 atom stereocenters. The van der Waals surface area contributed by atoms with Gasteiger partial charge in [0.05, 0.1) is 37.0 Å². The van der Waals surface area contributed by atoms with Crippen molar-refractivity contribution in [1.29, 1.82) is 0 Å². The Hall–Kier alpha value is -2.26. The van der Waals surface area contributed by atoms with Gasteiger partial charge in [0.15, 0.2) is 0 Å². The minimum absolute atomic E-state index is 0.107. The van der Waals surface area contributed by atoms with E-state index in [1.54, 1.807) is 6.07 Å². The summed E-state index contributed by atoms with van der Waals surface area (Å²) in [7, 11) is -3.75. The minimum atomic E-state index is -3.75. The molecule has 7 nitrogen and oxygen atoms in total. The van der Waals surface area contributed by atoms with Crippen molar-refractivity contribution in [2.24, 2.45) is 0 Å². The summed E-state index contributed by atoms with van der Waals surface area (Å²) in [5.41, 5.74) is 0.346. The molecule has 1 aromatic carbocycles. The Labute approximate surface area is 139 Å². The first-order valence-corrected chi connectivity index (χ1v) is 9.07. The quantitative estimate of drug-likeness (QED) is 0.875. The van der Waals surface area contributed by atoms with Crippen LogP contribution in [0.1, 0.15) is 5.56 Å². The van der Waals surface area contributed by atoms with Gasteiger partial charge in [0.25, 0.3) is 0 Å². The topological polar surface area (TPSA) is 84.4 Å².